The normalized spacial score (nSPS) is 18.5. The largest absolute Gasteiger partial charge is 0.368 e. The van der Waals surface area contributed by atoms with Crippen LogP contribution in [0.4, 0.5) is 11.8 Å². The first kappa shape index (κ1) is 15.2. The van der Waals surface area contributed by atoms with Gasteiger partial charge < -0.3 is 15.5 Å². The van der Waals surface area contributed by atoms with Crippen LogP contribution in [0.3, 0.4) is 0 Å². The number of likely N-dealkylation sites (N-methyl/N-ethyl adjacent to an activating group) is 1. The fourth-order valence-electron chi connectivity index (χ4n) is 3.23. The number of hydrogen-bond donors (Lipinski definition) is 1. The Balaban J connectivity index is 1.66. The minimum absolute atomic E-state index is 0.253. The van der Waals surface area contributed by atoms with Crippen LogP contribution in [0.1, 0.15) is 24.2 Å². The van der Waals surface area contributed by atoms with Crippen LogP contribution in [0.15, 0.2) is 6.07 Å². The van der Waals surface area contributed by atoms with E-state index in [9.17, 15) is 0 Å². The Morgan fingerprint density at radius 1 is 0.917 bits per heavy atom. The lowest BCUT2D eigenvalue weighted by atomic mass is 10.0. The van der Waals surface area contributed by atoms with E-state index >= 15 is 0 Å². The van der Waals surface area contributed by atoms with Gasteiger partial charge in [0, 0.05) is 32.2 Å². The molecule has 2 aromatic rings. The first-order valence-electron chi connectivity index (χ1n) is 8.50. The van der Waals surface area contributed by atoms with Crippen molar-refractivity contribution in [2.24, 2.45) is 0 Å². The van der Waals surface area contributed by atoms with E-state index in [0.29, 0.717) is 11.5 Å². The molecular weight excluding hydrogens is 304 g/mol. The zero-order valence-corrected chi connectivity index (χ0v) is 13.9. The van der Waals surface area contributed by atoms with Crippen LogP contribution in [0.2, 0.25) is 0 Å². The summed E-state index contributed by atoms with van der Waals surface area (Å²) in [7, 11) is 2.13. The quantitative estimate of drug-likeness (QED) is 0.854. The molecule has 3 heterocycles. The number of hydrogen-bond acceptors (Lipinski definition) is 8. The molecule has 0 radical (unpaired) electrons. The highest BCUT2D eigenvalue weighted by molar-refractivity contribution is 5.58. The van der Waals surface area contributed by atoms with Gasteiger partial charge in [-0.1, -0.05) is 0 Å². The summed E-state index contributed by atoms with van der Waals surface area (Å²) in [6.07, 6.45) is 4.25. The summed E-state index contributed by atoms with van der Waals surface area (Å²) < 4.78 is 0. The first-order chi connectivity index (χ1) is 11.7. The second-order valence-corrected chi connectivity index (χ2v) is 6.50. The first-order valence-corrected chi connectivity index (χ1v) is 8.50. The molecule has 1 saturated heterocycles. The lowest BCUT2D eigenvalue weighted by Gasteiger charge is -2.33. The molecule has 0 saturated carbocycles. The molecule has 1 aliphatic carbocycles. The average molecular weight is 326 g/mol. The summed E-state index contributed by atoms with van der Waals surface area (Å²) in [6.45, 7) is 3.87. The molecule has 1 fully saturated rings. The van der Waals surface area contributed by atoms with Gasteiger partial charge in [-0.2, -0.15) is 10.1 Å². The van der Waals surface area contributed by atoms with Crippen LogP contribution in [0.25, 0.3) is 11.5 Å². The second kappa shape index (κ2) is 6.27. The minimum atomic E-state index is 0.253. The van der Waals surface area contributed by atoms with Crippen LogP contribution in [0, 0.1) is 0 Å². The molecule has 0 bridgehead atoms. The molecule has 0 amide bonds. The third-order valence-corrected chi connectivity index (χ3v) is 4.70. The monoisotopic (exact) mass is 326 g/mol. The number of rotatable bonds is 2. The number of fused-ring (bicyclic) bond motifs is 1. The van der Waals surface area contributed by atoms with E-state index in [2.05, 4.69) is 42.0 Å². The van der Waals surface area contributed by atoms with E-state index in [0.717, 1.165) is 69.1 Å². The highest BCUT2D eigenvalue weighted by atomic mass is 15.3. The van der Waals surface area contributed by atoms with Crippen molar-refractivity contribution in [2.45, 2.75) is 25.7 Å². The number of anilines is 2. The van der Waals surface area contributed by atoms with Crippen molar-refractivity contribution in [1.82, 2.24) is 30.0 Å². The van der Waals surface area contributed by atoms with Crippen molar-refractivity contribution in [3.8, 4) is 11.5 Å². The molecular formula is C16H22N8. The zero-order valence-electron chi connectivity index (χ0n) is 13.9. The highest BCUT2D eigenvalue weighted by Crippen LogP contribution is 2.23. The Kier molecular flexibility index (Phi) is 3.97. The lowest BCUT2D eigenvalue weighted by Crippen LogP contribution is -2.44. The standard InChI is InChI=1S/C16H22N8/c1-23-6-8-24(9-7-23)14-10-13(19-16(17)20-14)15-18-11-4-2-3-5-12(11)21-22-15/h10H,2-9H2,1H3,(H2,17,19,20). The van der Waals surface area contributed by atoms with Gasteiger partial charge in [-0.15, -0.1) is 5.10 Å². The Bertz CT molecular complexity index is 739. The summed E-state index contributed by atoms with van der Waals surface area (Å²) in [4.78, 5) is 17.9. The fourth-order valence-corrected chi connectivity index (χ4v) is 3.23. The van der Waals surface area contributed by atoms with E-state index in [1.54, 1.807) is 0 Å². The molecule has 2 aromatic heterocycles. The van der Waals surface area contributed by atoms with Gasteiger partial charge in [-0.3, -0.25) is 0 Å². The van der Waals surface area contributed by atoms with Gasteiger partial charge in [0.2, 0.25) is 11.8 Å². The molecule has 24 heavy (non-hydrogen) atoms. The van der Waals surface area contributed by atoms with E-state index < -0.39 is 0 Å². The van der Waals surface area contributed by atoms with E-state index in [1.807, 2.05) is 6.07 Å². The van der Waals surface area contributed by atoms with Crippen molar-refractivity contribution in [1.29, 1.82) is 0 Å². The third-order valence-electron chi connectivity index (χ3n) is 4.70. The minimum Gasteiger partial charge on any atom is -0.368 e. The van der Waals surface area contributed by atoms with Crippen LogP contribution in [-0.4, -0.2) is 63.3 Å². The molecule has 0 aromatic carbocycles. The van der Waals surface area contributed by atoms with Crippen LogP contribution in [0.5, 0.6) is 0 Å². The van der Waals surface area contributed by atoms with E-state index in [4.69, 9.17) is 5.73 Å². The van der Waals surface area contributed by atoms with Gasteiger partial charge >= 0.3 is 0 Å². The van der Waals surface area contributed by atoms with E-state index in [-0.39, 0.29) is 5.95 Å². The summed E-state index contributed by atoms with van der Waals surface area (Å²) >= 11 is 0. The molecule has 8 nitrogen and oxygen atoms in total. The molecule has 0 unspecified atom stereocenters. The maximum Gasteiger partial charge on any atom is 0.222 e. The molecule has 126 valence electrons. The van der Waals surface area contributed by atoms with E-state index in [1.165, 1.54) is 0 Å². The topological polar surface area (TPSA) is 97.0 Å². The van der Waals surface area contributed by atoms with Crippen LogP contribution >= 0.6 is 0 Å². The Morgan fingerprint density at radius 2 is 1.67 bits per heavy atom. The number of nitrogens with two attached hydrogens (primary N) is 1. The number of piperazine rings is 1. The van der Waals surface area contributed by atoms with Crippen molar-refractivity contribution in [2.75, 3.05) is 43.9 Å². The Hall–Kier alpha value is -2.35. The smallest absolute Gasteiger partial charge is 0.222 e. The molecule has 0 spiro atoms. The van der Waals surface area contributed by atoms with Gasteiger partial charge in [0.05, 0.1) is 11.4 Å². The number of nitrogens with zero attached hydrogens (tertiary/aromatic N) is 7. The van der Waals surface area contributed by atoms with Gasteiger partial charge in [-0.05, 0) is 32.7 Å². The zero-order chi connectivity index (χ0) is 16.5. The van der Waals surface area contributed by atoms with Gasteiger partial charge in [0.1, 0.15) is 11.5 Å². The Morgan fingerprint density at radius 3 is 2.46 bits per heavy atom. The summed E-state index contributed by atoms with van der Waals surface area (Å²) in [6, 6.07) is 1.92. The molecule has 4 rings (SSSR count). The molecule has 0 atom stereocenters. The van der Waals surface area contributed by atoms with Crippen LogP contribution < -0.4 is 10.6 Å². The SMILES string of the molecule is CN1CCN(c2cc(-c3nnc4c(n3)CCCC4)nc(N)n2)CC1. The lowest BCUT2D eigenvalue weighted by molar-refractivity contribution is 0.312. The molecule has 2 N–H and O–H groups in total. The Labute approximate surface area is 141 Å². The summed E-state index contributed by atoms with van der Waals surface area (Å²) in [5, 5.41) is 8.61. The highest BCUT2D eigenvalue weighted by Gasteiger charge is 2.19. The molecule has 2 aliphatic rings. The summed E-state index contributed by atoms with van der Waals surface area (Å²) in [5.41, 5.74) is 8.65. The predicted molar refractivity (Wildman–Crippen MR) is 91.6 cm³/mol. The third kappa shape index (κ3) is 3.01. The van der Waals surface area contributed by atoms with Crippen molar-refractivity contribution >= 4 is 11.8 Å². The van der Waals surface area contributed by atoms with Gasteiger partial charge in [-0.25, -0.2) is 9.97 Å². The number of nitrogen functional groups attached to an aromatic ring is 1. The molecule has 1 aliphatic heterocycles. The van der Waals surface area contributed by atoms with Crippen LogP contribution in [-0.2, 0) is 12.8 Å². The van der Waals surface area contributed by atoms with Gasteiger partial charge in [0.25, 0.3) is 0 Å². The number of aromatic nitrogens is 5. The second-order valence-electron chi connectivity index (χ2n) is 6.50. The fraction of sp³-hybridized carbons (Fsp3) is 0.562. The van der Waals surface area contributed by atoms with Gasteiger partial charge in [0.15, 0.2) is 0 Å². The predicted octanol–water partition coefficient (Wildman–Crippen LogP) is 0.541. The average Bonchev–Trinajstić information content (AvgIpc) is 2.61. The summed E-state index contributed by atoms with van der Waals surface area (Å²) in [5.74, 6) is 1.63. The van der Waals surface area contributed by atoms with Crippen molar-refractivity contribution in [3.05, 3.63) is 17.5 Å². The maximum atomic E-state index is 5.93. The maximum absolute atomic E-state index is 5.93. The number of aryl methyl sites for hydroxylation is 2. The van der Waals surface area contributed by atoms with Crippen molar-refractivity contribution < 1.29 is 0 Å². The van der Waals surface area contributed by atoms with Crippen molar-refractivity contribution in [3.63, 3.8) is 0 Å². The molecule has 8 heteroatoms.